The van der Waals surface area contributed by atoms with Gasteiger partial charge in [-0.25, -0.2) is 9.18 Å². The van der Waals surface area contributed by atoms with Gasteiger partial charge in [0.1, 0.15) is 17.4 Å². The average Bonchev–Trinajstić information content (AvgIpc) is 2.50. The highest BCUT2D eigenvalue weighted by Crippen LogP contribution is 2.27. The molecule has 0 aliphatic carbocycles. The first-order valence-corrected chi connectivity index (χ1v) is 6.91. The van der Waals surface area contributed by atoms with Crippen LogP contribution in [0.15, 0.2) is 41.2 Å². The van der Waals surface area contributed by atoms with Crippen LogP contribution in [-0.4, -0.2) is 16.2 Å². The molecule has 0 amide bonds. The van der Waals surface area contributed by atoms with Crippen LogP contribution in [0.5, 0.6) is 5.75 Å². The fourth-order valence-corrected chi connectivity index (χ4v) is 2.44. The summed E-state index contributed by atoms with van der Waals surface area (Å²) in [6.45, 7) is -1.49. The molecule has 0 radical (unpaired) electrons. The average molecular weight is 335 g/mol. The first-order valence-electron chi connectivity index (χ1n) is 6.91. The van der Waals surface area contributed by atoms with Crippen molar-refractivity contribution in [2.24, 2.45) is 0 Å². The molecule has 0 aliphatic rings. The van der Waals surface area contributed by atoms with Crippen LogP contribution in [0.4, 0.5) is 19.0 Å². The van der Waals surface area contributed by atoms with Gasteiger partial charge in [0.05, 0.1) is 11.2 Å². The normalized spacial score (nSPS) is 11.2. The van der Waals surface area contributed by atoms with Gasteiger partial charge in [0.25, 0.3) is 0 Å². The van der Waals surface area contributed by atoms with Crippen LogP contribution in [0.3, 0.4) is 0 Å². The highest BCUT2D eigenvalue weighted by molar-refractivity contribution is 5.90. The third-order valence-corrected chi connectivity index (χ3v) is 3.53. The number of nitrogens with two attached hydrogens (primary N) is 1. The molecule has 0 saturated carbocycles. The van der Waals surface area contributed by atoms with E-state index in [0.717, 1.165) is 4.57 Å². The Morgan fingerprint density at radius 3 is 2.71 bits per heavy atom. The van der Waals surface area contributed by atoms with Crippen molar-refractivity contribution >= 4 is 16.7 Å². The number of benzene rings is 2. The minimum atomic E-state index is -3.03. The van der Waals surface area contributed by atoms with Crippen molar-refractivity contribution in [2.45, 2.75) is 13.5 Å². The van der Waals surface area contributed by atoms with E-state index >= 15 is 0 Å². The second-order valence-corrected chi connectivity index (χ2v) is 5.08. The predicted molar refractivity (Wildman–Crippen MR) is 83.1 cm³/mol. The standard InChI is InChI=1S/C16H12F3N3O2/c1-8-3-2-4-11(13(8)17)22-12-7-9(24-15(18)19)5-6-10(12)14(20)21-16(22)23/h2-7,15H,1H3,(H2,20,21,23). The fraction of sp³-hybridized carbons (Fsp3) is 0.125. The van der Waals surface area contributed by atoms with Gasteiger partial charge in [-0.05, 0) is 30.7 Å². The Bertz CT molecular complexity index is 986. The summed E-state index contributed by atoms with van der Waals surface area (Å²) in [4.78, 5) is 15.9. The second-order valence-electron chi connectivity index (χ2n) is 5.08. The zero-order valence-corrected chi connectivity index (χ0v) is 12.5. The van der Waals surface area contributed by atoms with E-state index in [-0.39, 0.29) is 22.8 Å². The Hall–Kier alpha value is -3.03. The summed E-state index contributed by atoms with van der Waals surface area (Å²) in [7, 11) is 0. The Kier molecular flexibility index (Phi) is 3.88. The van der Waals surface area contributed by atoms with Crippen LogP contribution in [0.2, 0.25) is 0 Å². The number of fused-ring (bicyclic) bond motifs is 1. The lowest BCUT2D eigenvalue weighted by atomic mass is 10.1. The molecule has 0 saturated heterocycles. The number of nitrogens with zero attached hydrogens (tertiary/aromatic N) is 2. The van der Waals surface area contributed by atoms with Crippen LogP contribution in [-0.2, 0) is 0 Å². The highest BCUT2D eigenvalue weighted by Gasteiger charge is 2.16. The Morgan fingerprint density at radius 2 is 2.00 bits per heavy atom. The quantitative estimate of drug-likeness (QED) is 0.799. The molecule has 0 atom stereocenters. The van der Waals surface area contributed by atoms with E-state index < -0.39 is 18.1 Å². The molecule has 0 spiro atoms. The molecule has 8 heteroatoms. The van der Waals surface area contributed by atoms with E-state index in [1.807, 2.05) is 0 Å². The van der Waals surface area contributed by atoms with Crippen molar-refractivity contribution in [3.63, 3.8) is 0 Å². The monoisotopic (exact) mass is 335 g/mol. The zero-order chi connectivity index (χ0) is 17.4. The van der Waals surface area contributed by atoms with Crippen LogP contribution < -0.4 is 16.2 Å². The summed E-state index contributed by atoms with van der Waals surface area (Å²) in [6, 6.07) is 8.36. The molecule has 2 N–H and O–H groups in total. The Morgan fingerprint density at radius 1 is 1.25 bits per heavy atom. The van der Waals surface area contributed by atoms with E-state index in [9.17, 15) is 18.0 Å². The number of hydrogen-bond donors (Lipinski definition) is 1. The van der Waals surface area contributed by atoms with Gasteiger partial charge in [-0.3, -0.25) is 4.57 Å². The summed E-state index contributed by atoms with van der Waals surface area (Å²) in [5.74, 6) is -0.875. The molecule has 2 aromatic carbocycles. The van der Waals surface area contributed by atoms with Crippen molar-refractivity contribution in [3.05, 3.63) is 58.3 Å². The molecule has 124 valence electrons. The van der Waals surface area contributed by atoms with Crippen LogP contribution >= 0.6 is 0 Å². The van der Waals surface area contributed by atoms with E-state index in [2.05, 4.69) is 9.72 Å². The maximum atomic E-state index is 14.4. The van der Waals surface area contributed by atoms with E-state index in [1.165, 1.54) is 24.3 Å². The van der Waals surface area contributed by atoms with Crippen molar-refractivity contribution in [2.75, 3.05) is 5.73 Å². The third-order valence-electron chi connectivity index (χ3n) is 3.53. The first kappa shape index (κ1) is 15.9. The van der Waals surface area contributed by atoms with E-state index in [0.29, 0.717) is 10.9 Å². The van der Waals surface area contributed by atoms with E-state index in [1.54, 1.807) is 19.1 Å². The molecule has 0 fully saturated rings. The second kappa shape index (κ2) is 5.88. The fourth-order valence-electron chi connectivity index (χ4n) is 2.44. The maximum absolute atomic E-state index is 14.4. The molecule has 1 heterocycles. The molecule has 5 nitrogen and oxygen atoms in total. The van der Waals surface area contributed by atoms with Gasteiger partial charge >= 0.3 is 12.3 Å². The van der Waals surface area contributed by atoms with E-state index in [4.69, 9.17) is 5.73 Å². The van der Waals surface area contributed by atoms with Crippen LogP contribution in [0, 0.1) is 12.7 Å². The Labute approximate surface area is 134 Å². The number of aromatic nitrogens is 2. The Balaban J connectivity index is 2.37. The van der Waals surface area contributed by atoms with Gasteiger partial charge in [-0.1, -0.05) is 12.1 Å². The number of aryl methyl sites for hydroxylation is 1. The van der Waals surface area contributed by atoms with Crippen molar-refractivity contribution in [1.82, 2.24) is 9.55 Å². The lowest BCUT2D eigenvalue weighted by molar-refractivity contribution is -0.0497. The molecule has 3 rings (SSSR count). The summed E-state index contributed by atoms with van der Waals surface area (Å²) in [5.41, 5.74) is 5.29. The third kappa shape index (κ3) is 2.66. The number of anilines is 1. The minimum Gasteiger partial charge on any atom is -0.435 e. The molecule has 0 aliphatic heterocycles. The number of halogens is 3. The molecule has 1 aromatic heterocycles. The predicted octanol–water partition coefficient (Wildman–Crippen LogP) is 3.02. The van der Waals surface area contributed by atoms with Gasteiger partial charge < -0.3 is 10.5 Å². The van der Waals surface area contributed by atoms with Crippen molar-refractivity contribution < 1.29 is 17.9 Å². The summed E-state index contributed by atoms with van der Waals surface area (Å²) in [6.07, 6.45) is 0. The molecule has 24 heavy (non-hydrogen) atoms. The molecule has 3 aromatic rings. The first-order chi connectivity index (χ1) is 11.4. The van der Waals surface area contributed by atoms with Gasteiger partial charge in [0, 0.05) is 11.5 Å². The van der Waals surface area contributed by atoms with Gasteiger partial charge in [0.15, 0.2) is 0 Å². The molecular weight excluding hydrogens is 323 g/mol. The maximum Gasteiger partial charge on any atom is 0.387 e. The van der Waals surface area contributed by atoms with Crippen LogP contribution in [0.25, 0.3) is 16.6 Å². The van der Waals surface area contributed by atoms with Gasteiger partial charge in [-0.15, -0.1) is 0 Å². The van der Waals surface area contributed by atoms with Crippen LogP contribution in [0.1, 0.15) is 5.56 Å². The zero-order valence-electron chi connectivity index (χ0n) is 12.5. The van der Waals surface area contributed by atoms with Gasteiger partial charge in [0.2, 0.25) is 0 Å². The number of rotatable bonds is 3. The summed E-state index contributed by atoms with van der Waals surface area (Å²) in [5, 5.41) is 0.317. The number of ether oxygens (including phenoxy) is 1. The number of nitrogen functional groups attached to an aromatic ring is 1. The largest absolute Gasteiger partial charge is 0.435 e. The molecule has 0 unspecified atom stereocenters. The topological polar surface area (TPSA) is 70.1 Å². The van der Waals surface area contributed by atoms with Crippen molar-refractivity contribution in [1.29, 1.82) is 0 Å². The number of hydrogen-bond acceptors (Lipinski definition) is 4. The summed E-state index contributed by atoms with van der Waals surface area (Å²) < 4.78 is 44.6. The SMILES string of the molecule is Cc1cccc(-n2c(=O)nc(N)c3ccc(OC(F)F)cc32)c1F. The highest BCUT2D eigenvalue weighted by atomic mass is 19.3. The summed E-state index contributed by atoms with van der Waals surface area (Å²) >= 11 is 0. The van der Waals surface area contributed by atoms with Gasteiger partial charge in [-0.2, -0.15) is 13.8 Å². The lowest BCUT2D eigenvalue weighted by Crippen LogP contribution is -2.24. The lowest BCUT2D eigenvalue weighted by Gasteiger charge is -2.14. The molecular formula is C16H12F3N3O2. The smallest absolute Gasteiger partial charge is 0.387 e. The minimum absolute atomic E-state index is 0.0494. The number of alkyl halides is 2. The van der Waals surface area contributed by atoms with Crippen molar-refractivity contribution in [3.8, 4) is 11.4 Å². The molecule has 0 bridgehead atoms.